The third kappa shape index (κ3) is 3.31. The van der Waals surface area contributed by atoms with Crippen LogP contribution in [0.5, 0.6) is 0 Å². The summed E-state index contributed by atoms with van der Waals surface area (Å²) >= 11 is 0. The SMILES string of the molecule is Cc1ccc(C(C)CC(=O)c2ccccc2C)cc1. The minimum absolute atomic E-state index is 0.228. The lowest BCUT2D eigenvalue weighted by Crippen LogP contribution is -2.06. The van der Waals surface area contributed by atoms with Gasteiger partial charge >= 0.3 is 0 Å². The van der Waals surface area contributed by atoms with Gasteiger partial charge in [-0.25, -0.2) is 0 Å². The van der Waals surface area contributed by atoms with E-state index in [-0.39, 0.29) is 11.7 Å². The fourth-order valence-electron chi connectivity index (χ4n) is 2.29. The summed E-state index contributed by atoms with van der Waals surface area (Å²) in [5, 5.41) is 0. The summed E-state index contributed by atoms with van der Waals surface area (Å²) in [5.74, 6) is 0.485. The molecular formula is C18H20O. The molecule has 2 aromatic carbocycles. The van der Waals surface area contributed by atoms with E-state index in [0.717, 1.165) is 11.1 Å². The van der Waals surface area contributed by atoms with Crippen molar-refractivity contribution in [3.05, 3.63) is 70.8 Å². The van der Waals surface area contributed by atoms with Gasteiger partial charge in [0.1, 0.15) is 0 Å². The molecule has 0 N–H and O–H groups in total. The van der Waals surface area contributed by atoms with Crippen molar-refractivity contribution in [1.82, 2.24) is 0 Å². The molecule has 1 heteroatoms. The predicted molar refractivity (Wildman–Crippen MR) is 79.7 cm³/mol. The molecule has 19 heavy (non-hydrogen) atoms. The number of hydrogen-bond donors (Lipinski definition) is 0. The summed E-state index contributed by atoms with van der Waals surface area (Å²) < 4.78 is 0. The lowest BCUT2D eigenvalue weighted by molar-refractivity contribution is 0.0975. The van der Waals surface area contributed by atoms with Crippen LogP contribution in [0.4, 0.5) is 0 Å². The number of carbonyl (C=O) groups is 1. The molecule has 0 amide bonds. The highest BCUT2D eigenvalue weighted by Crippen LogP contribution is 2.22. The molecule has 0 aliphatic heterocycles. The number of hydrogen-bond acceptors (Lipinski definition) is 1. The predicted octanol–water partition coefficient (Wildman–Crippen LogP) is 4.68. The van der Waals surface area contributed by atoms with Gasteiger partial charge in [-0.15, -0.1) is 0 Å². The van der Waals surface area contributed by atoms with Crippen LogP contribution in [-0.4, -0.2) is 5.78 Å². The average molecular weight is 252 g/mol. The number of benzene rings is 2. The lowest BCUT2D eigenvalue weighted by atomic mass is 9.91. The molecule has 0 aliphatic rings. The molecule has 2 aromatic rings. The van der Waals surface area contributed by atoms with Crippen molar-refractivity contribution in [2.45, 2.75) is 33.1 Å². The van der Waals surface area contributed by atoms with Gasteiger partial charge in [0.2, 0.25) is 0 Å². The van der Waals surface area contributed by atoms with E-state index < -0.39 is 0 Å². The maximum atomic E-state index is 12.3. The van der Waals surface area contributed by atoms with Gasteiger partial charge in [-0.1, -0.05) is 61.0 Å². The number of ketones is 1. The van der Waals surface area contributed by atoms with Crippen molar-refractivity contribution in [3.63, 3.8) is 0 Å². The zero-order chi connectivity index (χ0) is 13.8. The van der Waals surface area contributed by atoms with Crippen molar-refractivity contribution < 1.29 is 4.79 Å². The molecular weight excluding hydrogens is 232 g/mol. The molecule has 0 spiro atoms. The Balaban J connectivity index is 2.11. The first kappa shape index (κ1) is 13.5. The van der Waals surface area contributed by atoms with Crippen molar-refractivity contribution in [1.29, 1.82) is 0 Å². The van der Waals surface area contributed by atoms with Crippen molar-refractivity contribution >= 4 is 5.78 Å². The number of aryl methyl sites for hydroxylation is 2. The average Bonchev–Trinajstić information content (AvgIpc) is 2.39. The second-order valence-electron chi connectivity index (χ2n) is 5.25. The molecule has 1 atom stereocenters. The third-order valence-corrected chi connectivity index (χ3v) is 3.58. The Morgan fingerprint density at radius 1 is 1.00 bits per heavy atom. The molecule has 1 unspecified atom stereocenters. The first-order valence-corrected chi connectivity index (χ1v) is 6.73. The minimum atomic E-state index is 0.228. The maximum absolute atomic E-state index is 12.3. The van der Waals surface area contributed by atoms with Gasteiger partial charge in [0.15, 0.2) is 5.78 Å². The van der Waals surface area contributed by atoms with Gasteiger partial charge in [-0.2, -0.15) is 0 Å². The maximum Gasteiger partial charge on any atom is 0.163 e. The Bertz CT molecular complexity index is 566. The normalized spacial score (nSPS) is 12.2. The van der Waals surface area contributed by atoms with E-state index in [2.05, 4.69) is 38.1 Å². The molecule has 0 fully saturated rings. The first-order chi connectivity index (χ1) is 9.08. The Kier molecular flexibility index (Phi) is 4.16. The number of rotatable bonds is 4. The molecule has 0 bridgehead atoms. The lowest BCUT2D eigenvalue weighted by Gasteiger charge is -2.12. The van der Waals surface area contributed by atoms with E-state index in [4.69, 9.17) is 0 Å². The molecule has 0 saturated heterocycles. The minimum Gasteiger partial charge on any atom is -0.294 e. The molecule has 1 nitrogen and oxygen atoms in total. The van der Waals surface area contributed by atoms with E-state index in [9.17, 15) is 4.79 Å². The Morgan fingerprint density at radius 3 is 2.26 bits per heavy atom. The summed E-state index contributed by atoms with van der Waals surface area (Å²) in [6.07, 6.45) is 0.563. The van der Waals surface area contributed by atoms with Crippen LogP contribution in [0.15, 0.2) is 48.5 Å². The van der Waals surface area contributed by atoms with Crippen LogP contribution in [0, 0.1) is 13.8 Å². The largest absolute Gasteiger partial charge is 0.294 e. The summed E-state index contributed by atoms with van der Waals surface area (Å²) in [5.41, 5.74) is 4.39. The van der Waals surface area contributed by atoms with Crippen LogP contribution in [0.2, 0.25) is 0 Å². The molecule has 0 aliphatic carbocycles. The van der Waals surface area contributed by atoms with Crippen LogP contribution < -0.4 is 0 Å². The van der Waals surface area contributed by atoms with Gasteiger partial charge in [0.25, 0.3) is 0 Å². The fourth-order valence-corrected chi connectivity index (χ4v) is 2.29. The fraction of sp³-hybridized carbons (Fsp3) is 0.278. The van der Waals surface area contributed by atoms with Crippen molar-refractivity contribution in [3.8, 4) is 0 Å². The topological polar surface area (TPSA) is 17.1 Å². The van der Waals surface area contributed by atoms with Crippen molar-refractivity contribution in [2.24, 2.45) is 0 Å². The number of carbonyl (C=O) groups excluding carboxylic acids is 1. The van der Waals surface area contributed by atoms with Crippen molar-refractivity contribution in [2.75, 3.05) is 0 Å². The van der Waals surface area contributed by atoms with E-state index in [1.54, 1.807) is 0 Å². The Morgan fingerprint density at radius 2 is 1.63 bits per heavy atom. The summed E-state index contributed by atoms with van der Waals surface area (Å²) in [6.45, 7) is 6.18. The molecule has 0 aromatic heterocycles. The summed E-state index contributed by atoms with van der Waals surface area (Å²) in [7, 11) is 0. The van der Waals surface area contributed by atoms with Gasteiger partial charge in [0.05, 0.1) is 0 Å². The molecule has 0 saturated carbocycles. The zero-order valence-electron chi connectivity index (χ0n) is 11.8. The second-order valence-corrected chi connectivity index (χ2v) is 5.25. The zero-order valence-corrected chi connectivity index (χ0v) is 11.8. The highest BCUT2D eigenvalue weighted by atomic mass is 16.1. The second kappa shape index (κ2) is 5.83. The molecule has 0 heterocycles. The molecule has 2 rings (SSSR count). The molecule has 0 radical (unpaired) electrons. The van der Waals surface area contributed by atoms with Gasteiger partial charge < -0.3 is 0 Å². The highest BCUT2D eigenvalue weighted by Gasteiger charge is 2.14. The van der Waals surface area contributed by atoms with E-state index in [1.165, 1.54) is 11.1 Å². The van der Waals surface area contributed by atoms with E-state index in [0.29, 0.717) is 6.42 Å². The van der Waals surface area contributed by atoms with Gasteiger partial charge in [0, 0.05) is 12.0 Å². The van der Waals surface area contributed by atoms with Crippen LogP contribution in [0.3, 0.4) is 0 Å². The van der Waals surface area contributed by atoms with E-state index >= 15 is 0 Å². The first-order valence-electron chi connectivity index (χ1n) is 6.73. The standard InChI is InChI=1S/C18H20O/c1-13-8-10-16(11-9-13)15(3)12-18(19)17-7-5-4-6-14(17)2/h4-11,15H,12H2,1-3H3. The summed E-state index contributed by atoms with van der Waals surface area (Å²) in [4.78, 5) is 12.3. The van der Waals surface area contributed by atoms with Crippen LogP contribution in [-0.2, 0) is 0 Å². The third-order valence-electron chi connectivity index (χ3n) is 3.58. The highest BCUT2D eigenvalue weighted by molar-refractivity contribution is 5.97. The van der Waals surface area contributed by atoms with Crippen LogP contribution in [0.25, 0.3) is 0 Å². The molecule has 98 valence electrons. The summed E-state index contributed by atoms with van der Waals surface area (Å²) in [6, 6.07) is 16.2. The van der Waals surface area contributed by atoms with Crippen LogP contribution in [0.1, 0.15) is 46.3 Å². The Labute approximate surface area is 115 Å². The Hall–Kier alpha value is -1.89. The van der Waals surface area contributed by atoms with E-state index in [1.807, 2.05) is 31.2 Å². The van der Waals surface area contributed by atoms with Gasteiger partial charge in [-0.3, -0.25) is 4.79 Å². The smallest absolute Gasteiger partial charge is 0.163 e. The van der Waals surface area contributed by atoms with Gasteiger partial charge in [-0.05, 0) is 30.9 Å². The number of Topliss-reactive ketones (excluding diaryl/α,β-unsaturated/α-hetero) is 1. The monoisotopic (exact) mass is 252 g/mol. The van der Waals surface area contributed by atoms with Crippen LogP contribution >= 0.6 is 0 Å². The quantitative estimate of drug-likeness (QED) is 0.722.